The van der Waals surface area contributed by atoms with Crippen LogP contribution in [0.15, 0.2) is 53.5 Å². The normalized spacial score (nSPS) is 21.3. The van der Waals surface area contributed by atoms with Gasteiger partial charge in [-0.1, -0.05) is 30.3 Å². The number of likely N-dealkylation sites (tertiary alicyclic amines) is 1. The van der Waals surface area contributed by atoms with Crippen LogP contribution in [0, 0.1) is 5.92 Å². The molecule has 1 aromatic heterocycles. The van der Waals surface area contributed by atoms with E-state index in [1.807, 2.05) is 54.3 Å². The van der Waals surface area contributed by atoms with Crippen molar-refractivity contribution in [3.63, 3.8) is 0 Å². The molecule has 0 bridgehead atoms. The quantitative estimate of drug-likeness (QED) is 0.654. The fraction of sp³-hybridized carbons (Fsp3) is 0.375. The molecule has 2 aliphatic rings. The van der Waals surface area contributed by atoms with E-state index >= 15 is 0 Å². The number of carbonyl (C=O) groups is 1. The predicted molar refractivity (Wildman–Crippen MR) is 118 cm³/mol. The molecule has 1 fully saturated rings. The average Bonchev–Trinajstić information content (AvgIpc) is 3.16. The molecule has 5 rings (SSSR count). The number of aromatic nitrogens is 2. The number of carbonyl (C=O) groups excluding carboxylic acids is 1. The maximum Gasteiger partial charge on any atom is 0.233 e. The fourth-order valence-electron chi connectivity index (χ4n) is 4.84. The van der Waals surface area contributed by atoms with E-state index in [2.05, 4.69) is 10.6 Å². The molecule has 2 unspecified atom stereocenters. The van der Waals surface area contributed by atoms with E-state index in [1.165, 1.54) is 6.42 Å². The summed E-state index contributed by atoms with van der Waals surface area (Å²) in [5, 5.41) is 0. The lowest BCUT2D eigenvalue weighted by Gasteiger charge is -2.37. The summed E-state index contributed by atoms with van der Waals surface area (Å²) in [6.07, 6.45) is 3.31. The Kier molecular flexibility index (Phi) is 4.77. The average molecular weight is 402 g/mol. The highest BCUT2D eigenvalue weighted by atomic mass is 16.5. The highest BCUT2D eigenvalue weighted by Crippen LogP contribution is 2.43. The summed E-state index contributed by atoms with van der Waals surface area (Å²) in [5.74, 6) is 1.18. The van der Waals surface area contributed by atoms with Crippen molar-refractivity contribution >= 4 is 28.6 Å². The summed E-state index contributed by atoms with van der Waals surface area (Å²) in [7, 11) is 1.68. The first-order valence-corrected chi connectivity index (χ1v) is 10.6. The van der Waals surface area contributed by atoms with Crippen LogP contribution in [0.4, 0.5) is 5.95 Å². The Morgan fingerprint density at radius 3 is 2.57 bits per heavy atom. The molecule has 154 valence electrons. The van der Waals surface area contributed by atoms with Gasteiger partial charge in [0.05, 0.1) is 24.2 Å². The minimum Gasteiger partial charge on any atom is -0.496 e. The van der Waals surface area contributed by atoms with Gasteiger partial charge in [-0.25, -0.2) is 9.98 Å². The van der Waals surface area contributed by atoms with Crippen molar-refractivity contribution in [2.75, 3.05) is 20.2 Å². The first kappa shape index (κ1) is 18.9. The number of hydrogen-bond acceptors (Lipinski definition) is 4. The number of nitrogens with zero attached hydrogens (tertiary/aromatic N) is 4. The Balaban J connectivity index is 1.72. The van der Waals surface area contributed by atoms with Gasteiger partial charge in [-0.2, -0.15) is 0 Å². The molecule has 1 saturated heterocycles. The molecule has 0 radical (unpaired) electrons. The number of imidazole rings is 1. The van der Waals surface area contributed by atoms with E-state index < -0.39 is 0 Å². The third kappa shape index (κ3) is 2.98. The van der Waals surface area contributed by atoms with E-state index in [1.54, 1.807) is 7.11 Å². The summed E-state index contributed by atoms with van der Waals surface area (Å²) in [6.45, 7) is 3.59. The molecule has 3 aromatic rings. The fourth-order valence-corrected chi connectivity index (χ4v) is 4.84. The van der Waals surface area contributed by atoms with Gasteiger partial charge in [-0.05, 0) is 44.4 Å². The van der Waals surface area contributed by atoms with Crippen molar-refractivity contribution in [2.45, 2.75) is 32.2 Å². The van der Waals surface area contributed by atoms with Gasteiger partial charge in [-0.15, -0.1) is 0 Å². The molecule has 30 heavy (non-hydrogen) atoms. The number of amides is 1. The number of benzene rings is 2. The van der Waals surface area contributed by atoms with Crippen LogP contribution in [0.3, 0.4) is 0 Å². The summed E-state index contributed by atoms with van der Waals surface area (Å²) in [6, 6.07) is 15.7. The minimum absolute atomic E-state index is 0.148. The maximum absolute atomic E-state index is 13.8. The van der Waals surface area contributed by atoms with Crippen molar-refractivity contribution in [2.24, 2.45) is 10.9 Å². The number of ether oxygens (including phenoxy) is 1. The predicted octanol–water partition coefficient (Wildman–Crippen LogP) is 4.37. The number of rotatable bonds is 3. The zero-order valence-corrected chi connectivity index (χ0v) is 17.4. The number of methoxy groups -OCH3 is 1. The lowest BCUT2D eigenvalue weighted by atomic mass is 9.85. The number of para-hydroxylation sites is 3. The van der Waals surface area contributed by atoms with E-state index in [0.29, 0.717) is 5.95 Å². The van der Waals surface area contributed by atoms with Crippen LogP contribution in [0.1, 0.15) is 37.8 Å². The minimum atomic E-state index is -0.385. The molecular weight excluding hydrogens is 376 g/mol. The lowest BCUT2D eigenvalue weighted by Crippen LogP contribution is -2.46. The van der Waals surface area contributed by atoms with Crippen LogP contribution < -0.4 is 4.74 Å². The molecule has 3 heterocycles. The first-order chi connectivity index (χ1) is 14.7. The van der Waals surface area contributed by atoms with Gasteiger partial charge in [0.25, 0.3) is 0 Å². The molecule has 0 saturated carbocycles. The Morgan fingerprint density at radius 2 is 1.77 bits per heavy atom. The second kappa shape index (κ2) is 7.59. The Hall–Kier alpha value is -3.15. The standard InChI is InChI=1S/C24H26N4O2/c1-16-21(23(29)27-14-8-3-9-15-27)22(17-10-4-7-13-20(17)30-2)28-19-12-6-5-11-18(19)26-24(28)25-16/h4-7,10-13,21-22H,3,8-9,14-15H2,1-2H3. The van der Waals surface area contributed by atoms with Gasteiger partial charge in [0.15, 0.2) is 0 Å². The second-order valence-corrected chi connectivity index (χ2v) is 8.07. The number of fused-ring (bicyclic) bond motifs is 3. The molecule has 2 atom stereocenters. The van der Waals surface area contributed by atoms with Crippen LogP contribution in [-0.2, 0) is 4.79 Å². The molecule has 2 aliphatic heterocycles. The molecule has 0 aliphatic carbocycles. The van der Waals surface area contributed by atoms with Crippen LogP contribution >= 0.6 is 0 Å². The summed E-state index contributed by atoms with van der Waals surface area (Å²) >= 11 is 0. The first-order valence-electron chi connectivity index (χ1n) is 10.6. The van der Waals surface area contributed by atoms with Crippen molar-refractivity contribution in [3.8, 4) is 5.75 Å². The highest BCUT2D eigenvalue weighted by molar-refractivity contribution is 6.06. The monoisotopic (exact) mass is 402 g/mol. The zero-order valence-electron chi connectivity index (χ0n) is 17.4. The van der Waals surface area contributed by atoms with Crippen LogP contribution in [-0.4, -0.2) is 46.3 Å². The molecule has 6 nitrogen and oxygen atoms in total. The van der Waals surface area contributed by atoms with E-state index in [0.717, 1.165) is 54.0 Å². The smallest absolute Gasteiger partial charge is 0.233 e. The van der Waals surface area contributed by atoms with Crippen LogP contribution in [0.5, 0.6) is 5.75 Å². The molecule has 2 aromatic carbocycles. The largest absolute Gasteiger partial charge is 0.496 e. The van der Waals surface area contributed by atoms with Crippen molar-refractivity contribution in [3.05, 3.63) is 54.1 Å². The third-order valence-electron chi connectivity index (χ3n) is 6.29. The highest BCUT2D eigenvalue weighted by Gasteiger charge is 2.42. The summed E-state index contributed by atoms with van der Waals surface area (Å²) in [4.78, 5) is 25.3. The second-order valence-electron chi connectivity index (χ2n) is 8.07. The van der Waals surface area contributed by atoms with Gasteiger partial charge >= 0.3 is 0 Å². The van der Waals surface area contributed by atoms with Gasteiger partial charge in [-0.3, -0.25) is 9.36 Å². The number of hydrogen-bond donors (Lipinski definition) is 0. The van der Waals surface area contributed by atoms with Gasteiger partial charge < -0.3 is 9.64 Å². The molecule has 6 heteroatoms. The summed E-state index contributed by atoms with van der Waals surface area (Å²) < 4.78 is 7.83. The Bertz CT molecular complexity index is 1130. The zero-order chi connectivity index (χ0) is 20.7. The maximum atomic E-state index is 13.8. The summed E-state index contributed by atoms with van der Waals surface area (Å²) in [5.41, 5.74) is 3.66. The van der Waals surface area contributed by atoms with E-state index in [4.69, 9.17) is 14.7 Å². The van der Waals surface area contributed by atoms with Crippen LogP contribution in [0.2, 0.25) is 0 Å². The number of aliphatic imine (C=N–C) groups is 1. The van der Waals surface area contributed by atoms with Crippen molar-refractivity contribution < 1.29 is 9.53 Å². The topological polar surface area (TPSA) is 59.7 Å². The molecular formula is C24H26N4O2. The third-order valence-corrected chi connectivity index (χ3v) is 6.29. The lowest BCUT2D eigenvalue weighted by molar-refractivity contribution is -0.135. The Labute approximate surface area is 176 Å². The SMILES string of the molecule is COc1ccccc1C1C(C(=O)N2CCCCC2)C(C)=Nc2nc3ccccc3n21. The van der Waals surface area contributed by atoms with E-state index in [9.17, 15) is 4.79 Å². The van der Waals surface area contributed by atoms with Gasteiger partial charge in [0.1, 0.15) is 11.7 Å². The van der Waals surface area contributed by atoms with Gasteiger partial charge in [0, 0.05) is 24.4 Å². The molecule has 0 N–H and O–H groups in total. The van der Waals surface area contributed by atoms with Crippen molar-refractivity contribution in [1.82, 2.24) is 14.5 Å². The van der Waals surface area contributed by atoms with Gasteiger partial charge in [0.2, 0.25) is 11.9 Å². The van der Waals surface area contributed by atoms with Crippen molar-refractivity contribution in [1.29, 1.82) is 0 Å². The van der Waals surface area contributed by atoms with Crippen LogP contribution in [0.25, 0.3) is 11.0 Å². The van der Waals surface area contributed by atoms with E-state index in [-0.39, 0.29) is 17.9 Å². The Morgan fingerprint density at radius 1 is 1.03 bits per heavy atom. The number of piperidine rings is 1. The molecule has 0 spiro atoms. The molecule has 1 amide bonds.